The van der Waals surface area contributed by atoms with Gasteiger partial charge in [-0.3, -0.25) is 9.88 Å². The lowest BCUT2D eigenvalue weighted by molar-refractivity contribution is 0.156. The van der Waals surface area contributed by atoms with Crippen molar-refractivity contribution in [1.29, 1.82) is 0 Å². The molecule has 2 nitrogen and oxygen atoms in total. The minimum Gasteiger partial charge on any atom is -0.296 e. The number of pyridine rings is 1. The summed E-state index contributed by atoms with van der Waals surface area (Å²) in [6.45, 7) is 4.45. The standard InChI is InChI=1S/C18H24N2/c1-2-20(17-11-4-3-5-12-17)14-16-9-6-8-15-10-7-13-19-18(15)16/h6-10,13,17H,2-5,11-12,14H2,1H3. The zero-order chi connectivity index (χ0) is 13.8. The second-order valence-corrected chi connectivity index (χ2v) is 5.85. The Bertz CT molecular complexity index is 553. The second kappa shape index (κ2) is 6.36. The first-order valence-electron chi connectivity index (χ1n) is 7.95. The maximum atomic E-state index is 4.59. The molecule has 0 N–H and O–H groups in total. The number of rotatable bonds is 4. The molecule has 0 aliphatic heterocycles. The van der Waals surface area contributed by atoms with Gasteiger partial charge in [0.1, 0.15) is 0 Å². The summed E-state index contributed by atoms with van der Waals surface area (Å²) in [4.78, 5) is 7.23. The van der Waals surface area contributed by atoms with Crippen molar-refractivity contribution in [1.82, 2.24) is 9.88 Å². The number of para-hydroxylation sites is 1. The van der Waals surface area contributed by atoms with Crippen molar-refractivity contribution in [2.75, 3.05) is 6.54 Å². The minimum atomic E-state index is 0.771. The zero-order valence-electron chi connectivity index (χ0n) is 12.4. The molecular weight excluding hydrogens is 244 g/mol. The van der Waals surface area contributed by atoms with Gasteiger partial charge in [0.05, 0.1) is 5.52 Å². The van der Waals surface area contributed by atoms with Gasteiger partial charge in [-0.15, -0.1) is 0 Å². The van der Waals surface area contributed by atoms with Crippen molar-refractivity contribution in [2.24, 2.45) is 0 Å². The SMILES string of the molecule is CCN(Cc1cccc2cccnc12)C1CCCCC1. The van der Waals surface area contributed by atoms with Crippen LogP contribution in [0.4, 0.5) is 0 Å². The van der Waals surface area contributed by atoms with E-state index in [1.165, 1.54) is 48.6 Å². The van der Waals surface area contributed by atoms with Crippen LogP contribution in [0.25, 0.3) is 10.9 Å². The van der Waals surface area contributed by atoms with Crippen LogP contribution in [0.1, 0.15) is 44.6 Å². The van der Waals surface area contributed by atoms with Gasteiger partial charge < -0.3 is 0 Å². The number of hydrogen-bond donors (Lipinski definition) is 0. The molecule has 0 amide bonds. The average molecular weight is 268 g/mol. The number of hydrogen-bond acceptors (Lipinski definition) is 2. The molecule has 1 aromatic carbocycles. The molecule has 1 aliphatic carbocycles. The van der Waals surface area contributed by atoms with E-state index in [-0.39, 0.29) is 0 Å². The molecule has 106 valence electrons. The first-order valence-corrected chi connectivity index (χ1v) is 7.95. The highest BCUT2D eigenvalue weighted by molar-refractivity contribution is 5.81. The normalized spacial score (nSPS) is 16.9. The van der Waals surface area contributed by atoms with E-state index in [0.717, 1.165) is 19.1 Å². The molecule has 1 saturated carbocycles. The molecule has 0 spiro atoms. The van der Waals surface area contributed by atoms with Crippen molar-refractivity contribution in [3.8, 4) is 0 Å². The van der Waals surface area contributed by atoms with Gasteiger partial charge in [0.25, 0.3) is 0 Å². The Morgan fingerprint density at radius 1 is 1.10 bits per heavy atom. The molecule has 0 saturated heterocycles. The van der Waals surface area contributed by atoms with Crippen molar-refractivity contribution in [3.63, 3.8) is 0 Å². The Labute approximate surface area is 121 Å². The molecule has 2 aromatic rings. The molecule has 0 radical (unpaired) electrons. The van der Waals surface area contributed by atoms with E-state index in [2.05, 4.69) is 41.1 Å². The molecular formula is C18H24N2. The van der Waals surface area contributed by atoms with Crippen molar-refractivity contribution >= 4 is 10.9 Å². The van der Waals surface area contributed by atoms with Gasteiger partial charge in [-0.05, 0) is 31.0 Å². The lowest BCUT2D eigenvalue weighted by Gasteiger charge is -2.33. The fourth-order valence-corrected chi connectivity index (χ4v) is 3.46. The molecule has 1 heterocycles. The van der Waals surface area contributed by atoms with E-state index in [0.29, 0.717) is 0 Å². The monoisotopic (exact) mass is 268 g/mol. The number of aromatic nitrogens is 1. The topological polar surface area (TPSA) is 16.1 Å². The van der Waals surface area contributed by atoms with E-state index in [4.69, 9.17) is 0 Å². The predicted molar refractivity (Wildman–Crippen MR) is 84.7 cm³/mol. The lowest BCUT2D eigenvalue weighted by atomic mass is 9.93. The zero-order valence-corrected chi connectivity index (χ0v) is 12.4. The number of benzene rings is 1. The molecule has 1 fully saturated rings. The minimum absolute atomic E-state index is 0.771. The fraction of sp³-hybridized carbons (Fsp3) is 0.500. The van der Waals surface area contributed by atoms with E-state index < -0.39 is 0 Å². The molecule has 1 aromatic heterocycles. The summed E-state index contributed by atoms with van der Waals surface area (Å²) in [6.07, 6.45) is 8.86. The van der Waals surface area contributed by atoms with Crippen LogP contribution in [0.5, 0.6) is 0 Å². The molecule has 0 atom stereocenters. The molecule has 0 bridgehead atoms. The predicted octanol–water partition coefficient (Wildman–Crippen LogP) is 4.39. The summed E-state index contributed by atoms with van der Waals surface area (Å²) in [5, 5.41) is 1.25. The van der Waals surface area contributed by atoms with E-state index in [9.17, 15) is 0 Å². The van der Waals surface area contributed by atoms with Crippen LogP contribution < -0.4 is 0 Å². The van der Waals surface area contributed by atoms with Crippen LogP contribution in [-0.4, -0.2) is 22.5 Å². The van der Waals surface area contributed by atoms with E-state index in [1.807, 2.05) is 12.3 Å². The largest absolute Gasteiger partial charge is 0.296 e. The van der Waals surface area contributed by atoms with Gasteiger partial charge >= 0.3 is 0 Å². The Balaban J connectivity index is 1.83. The highest BCUT2D eigenvalue weighted by Gasteiger charge is 2.20. The maximum Gasteiger partial charge on any atom is 0.0746 e. The summed E-state index contributed by atoms with van der Waals surface area (Å²) >= 11 is 0. The molecule has 20 heavy (non-hydrogen) atoms. The Kier molecular flexibility index (Phi) is 4.31. The Morgan fingerprint density at radius 2 is 1.90 bits per heavy atom. The first-order chi connectivity index (χ1) is 9.88. The highest BCUT2D eigenvalue weighted by atomic mass is 15.1. The maximum absolute atomic E-state index is 4.59. The van der Waals surface area contributed by atoms with Crippen LogP contribution in [0, 0.1) is 0 Å². The third-order valence-electron chi connectivity index (χ3n) is 4.59. The van der Waals surface area contributed by atoms with Crippen LogP contribution >= 0.6 is 0 Å². The van der Waals surface area contributed by atoms with Crippen LogP contribution in [0.15, 0.2) is 36.5 Å². The summed E-state index contributed by atoms with van der Waals surface area (Å²) in [7, 11) is 0. The third kappa shape index (κ3) is 2.85. The Morgan fingerprint density at radius 3 is 2.70 bits per heavy atom. The van der Waals surface area contributed by atoms with Gasteiger partial charge in [-0.2, -0.15) is 0 Å². The summed E-state index contributed by atoms with van der Waals surface area (Å²) < 4.78 is 0. The lowest BCUT2D eigenvalue weighted by Crippen LogP contribution is -2.36. The number of nitrogens with zero attached hydrogens (tertiary/aromatic N) is 2. The summed E-state index contributed by atoms with van der Waals surface area (Å²) in [6, 6.07) is 11.5. The van der Waals surface area contributed by atoms with Crippen LogP contribution in [0.3, 0.4) is 0 Å². The fourth-order valence-electron chi connectivity index (χ4n) is 3.46. The molecule has 3 rings (SSSR count). The van der Waals surface area contributed by atoms with Crippen LogP contribution in [-0.2, 0) is 6.54 Å². The van der Waals surface area contributed by atoms with E-state index >= 15 is 0 Å². The molecule has 1 aliphatic rings. The summed E-state index contributed by atoms with van der Waals surface area (Å²) in [5.74, 6) is 0. The van der Waals surface area contributed by atoms with Crippen molar-refractivity contribution in [2.45, 2.75) is 51.6 Å². The second-order valence-electron chi connectivity index (χ2n) is 5.85. The third-order valence-corrected chi connectivity index (χ3v) is 4.59. The van der Waals surface area contributed by atoms with E-state index in [1.54, 1.807) is 0 Å². The smallest absolute Gasteiger partial charge is 0.0746 e. The van der Waals surface area contributed by atoms with Gasteiger partial charge in [0.2, 0.25) is 0 Å². The van der Waals surface area contributed by atoms with Crippen molar-refractivity contribution < 1.29 is 0 Å². The van der Waals surface area contributed by atoms with Crippen LogP contribution in [0.2, 0.25) is 0 Å². The van der Waals surface area contributed by atoms with Gasteiger partial charge in [0, 0.05) is 24.2 Å². The number of fused-ring (bicyclic) bond motifs is 1. The average Bonchev–Trinajstić information content (AvgIpc) is 2.53. The quantitative estimate of drug-likeness (QED) is 0.817. The molecule has 0 unspecified atom stereocenters. The molecule has 2 heteroatoms. The highest BCUT2D eigenvalue weighted by Crippen LogP contribution is 2.25. The van der Waals surface area contributed by atoms with Gasteiger partial charge in [-0.1, -0.05) is 50.5 Å². The first kappa shape index (κ1) is 13.6. The van der Waals surface area contributed by atoms with Gasteiger partial charge in [0.15, 0.2) is 0 Å². The van der Waals surface area contributed by atoms with Crippen molar-refractivity contribution in [3.05, 3.63) is 42.1 Å². The Hall–Kier alpha value is -1.41. The summed E-state index contributed by atoms with van der Waals surface area (Å²) in [5.41, 5.74) is 2.54. The van der Waals surface area contributed by atoms with Gasteiger partial charge in [-0.25, -0.2) is 0 Å².